The molecule has 9 heteroatoms. The topological polar surface area (TPSA) is 66.8 Å². The maximum absolute atomic E-state index is 13.9. The Morgan fingerprint density at radius 2 is 1.70 bits per heavy atom. The molecule has 0 spiro atoms. The monoisotopic (exact) mass is 487 g/mol. The predicted octanol–water partition coefficient (Wildman–Crippen LogP) is 5.59. The van der Waals surface area contributed by atoms with Crippen LogP contribution in [0.2, 0.25) is 0 Å². The fraction of sp³-hybridized carbons (Fsp3) is 0.750. The van der Waals surface area contributed by atoms with Gasteiger partial charge in [-0.15, -0.1) is 11.3 Å². The van der Waals surface area contributed by atoms with E-state index in [1.54, 1.807) is 4.90 Å². The van der Waals surface area contributed by atoms with Crippen LogP contribution in [-0.4, -0.2) is 42.4 Å². The van der Waals surface area contributed by atoms with Gasteiger partial charge >= 0.3 is 12.1 Å². The van der Waals surface area contributed by atoms with Gasteiger partial charge in [0, 0.05) is 16.8 Å². The Morgan fingerprint density at radius 3 is 2.21 bits per heavy atom. The van der Waals surface area contributed by atoms with Crippen LogP contribution in [-0.2, 0) is 14.9 Å². The first-order valence-corrected chi connectivity index (χ1v) is 12.7. The van der Waals surface area contributed by atoms with E-state index in [1.807, 2.05) is 0 Å². The zero-order valence-electron chi connectivity index (χ0n) is 19.1. The third-order valence-electron chi connectivity index (χ3n) is 7.74. The van der Waals surface area contributed by atoms with E-state index < -0.39 is 23.7 Å². The number of rotatable bonds is 5. The molecule has 1 aromatic heterocycles. The van der Waals surface area contributed by atoms with Crippen molar-refractivity contribution in [2.24, 2.45) is 11.8 Å². The molecule has 3 fully saturated rings. The van der Waals surface area contributed by atoms with Crippen molar-refractivity contribution in [1.29, 1.82) is 0 Å². The summed E-state index contributed by atoms with van der Waals surface area (Å²) in [6.07, 6.45) is 0.609. The second-order valence-corrected chi connectivity index (χ2v) is 11.1. The largest absolute Gasteiger partial charge is 0.465 e. The first-order valence-electron chi connectivity index (χ1n) is 11.9. The highest BCUT2D eigenvalue weighted by Crippen LogP contribution is 2.61. The number of ether oxygens (including phenoxy) is 1. The van der Waals surface area contributed by atoms with Crippen LogP contribution in [0.4, 0.5) is 18.9 Å². The molecule has 0 aromatic carbocycles. The van der Waals surface area contributed by atoms with Gasteiger partial charge in [-0.3, -0.25) is 4.79 Å². The van der Waals surface area contributed by atoms with Gasteiger partial charge in [0.15, 0.2) is 0 Å². The van der Waals surface area contributed by atoms with E-state index in [4.69, 9.17) is 4.74 Å². The van der Waals surface area contributed by atoms with Crippen LogP contribution in [0.3, 0.4) is 0 Å². The van der Waals surface area contributed by atoms with Crippen LogP contribution < -0.4 is 4.90 Å². The number of hydrogen-bond acceptors (Lipinski definition) is 5. The molecule has 3 aliphatic carbocycles. The molecular formula is C24H32F3NO4S. The smallest absolute Gasteiger partial charge is 0.399 e. The highest BCUT2D eigenvalue weighted by atomic mass is 32.1. The minimum absolute atomic E-state index is 0.0128. The number of carbonyl (C=O) groups is 2. The minimum atomic E-state index is -4.41. The summed E-state index contributed by atoms with van der Waals surface area (Å²) >= 11 is 0.808. The Balaban J connectivity index is 1.75. The molecule has 1 N–H and O–H groups in total. The Morgan fingerprint density at radius 1 is 1.09 bits per heavy atom. The molecule has 0 bridgehead atoms. The summed E-state index contributed by atoms with van der Waals surface area (Å²) in [5.74, 6) is -0.494. The Hall–Kier alpha value is -1.61. The van der Waals surface area contributed by atoms with E-state index in [0.29, 0.717) is 31.6 Å². The summed E-state index contributed by atoms with van der Waals surface area (Å²) in [5.41, 5.74) is -1.68. The van der Waals surface area contributed by atoms with Gasteiger partial charge in [0.2, 0.25) is 5.91 Å². The second-order valence-electron chi connectivity index (χ2n) is 10.0. The van der Waals surface area contributed by atoms with Crippen molar-refractivity contribution in [3.8, 4) is 0 Å². The molecule has 184 valence electrons. The molecule has 1 heterocycles. The molecule has 0 aliphatic heterocycles. The van der Waals surface area contributed by atoms with Crippen LogP contribution >= 0.6 is 11.3 Å². The van der Waals surface area contributed by atoms with Crippen molar-refractivity contribution in [3.05, 3.63) is 15.8 Å². The van der Waals surface area contributed by atoms with Crippen molar-refractivity contribution >= 4 is 28.9 Å². The summed E-state index contributed by atoms with van der Waals surface area (Å²) in [6.45, 7) is 2.16. The lowest BCUT2D eigenvalue weighted by atomic mass is 9.81. The number of hydrogen-bond donors (Lipinski definition) is 1. The Kier molecular flexibility index (Phi) is 6.84. The minimum Gasteiger partial charge on any atom is -0.465 e. The molecule has 3 aliphatic rings. The molecule has 5 nitrogen and oxygen atoms in total. The lowest BCUT2D eigenvalue weighted by Crippen LogP contribution is -2.47. The summed E-state index contributed by atoms with van der Waals surface area (Å²) in [7, 11) is 1.20. The van der Waals surface area contributed by atoms with Gasteiger partial charge in [-0.05, 0) is 76.2 Å². The van der Waals surface area contributed by atoms with E-state index in [-0.39, 0.29) is 46.2 Å². The maximum Gasteiger partial charge on any atom is 0.399 e. The van der Waals surface area contributed by atoms with Crippen LogP contribution in [0.25, 0.3) is 0 Å². The Bertz CT molecular complexity index is 879. The lowest BCUT2D eigenvalue weighted by Gasteiger charge is -2.39. The van der Waals surface area contributed by atoms with Crippen LogP contribution in [0.1, 0.15) is 85.7 Å². The molecule has 4 rings (SSSR count). The van der Waals surface area contributed by atoms with Crippen molar-refractivity contribution in [2.45, 2.75) is 94.9 Å². The molecule has 0 radical (unpaired) electrons. The highest BCUT2D eigenvalue weighted by molar-refractivity contribution is 7.14. The van der Waals surface area contributed by atoms with Crippen molar-refractivity contribution in [3.63, 3.8) is 0 Å². The van der Waals surface area contributed by atoms with E-state index in [0.717, 1.165) is 37.0 Å². The molecule has 0 saturated heterocycles. The number of carbonyl (C=O) groups excluding carboxylic acids is 2. The molecule has 3 saturated carbocycles. The number of halogens is 3. The normalized spacial score (nSPS) is 29.4. The van der Waals surface area contributed by atoms with Gasteiger partial charge < -0.3 is 14.7 Å². The van der Waals surface area contributed by atoms with Crippen LogP contribution in [0.15, 0.2) is 6.07 Å². The second kappa shape index (κ2) is 9.21. The summed E-state index contributed by atoms with van der Waals surface area (Å²) < 4.78 is 46.5. The molecule has 0 atom stereocenters. The predicted molar refractivity (Wildman–Crippen MR) is 119 cm³/mol. The standard InChI is InChI=1S/C24H32F3NO4S/c1-14-3-5-15(6-4-14)21(30)28(16-7-9-17(29)10-8-16)18-13-19(33-20(18)22(31)32-2)23(11-12-23)24(25,26)27/h13-17,29H,3-12H2,1-2H3/t14-,15-,16-,17-. The van der Waals surface area contributed by atoms with Gasteiger partial charge in [-0.25, -0.2) is 4.79 Å². The van der Waals surface area contributed by atoms with Gasteiger partial charge in [-0.2, -0.15) is 13.2 Å². The highest BCUT2D eigenvalue weighted by Gasteiger charge is 2.65. The third kappa shape index (κ3) is 4.67. The van der Waals surface area contributed by atoms with Gasteiger partial charge in [-0.1, -0.05) is 6.92 Å². The summed E-state index contributed by atoms with van der Waals surface area (Å²) in [5, 5.41) is 9.98. The molecular weight excluding hydrogens is 455 g/mol. The number of thiophene rings is 1. The zero-order valence-corrected chi connectivity index (χ0v) is 19.9. The fourth-order valence-corrected chi connectivity index (χ4v) is 6.68. The van der Waals surface area contributed by atoms with Crippen LogP contribution in [0, 0.1) is 11.8 Å². The number of anilines is 1. The average molecular weight is 488 g/mol. The molecule has 0 unspecified atom stereocenters. The Labute approximate surface area is 196 Å². The molecule has 33 heavy (non-hydrogen) atoms. The van der Waals surface area contributed by atoms with E-state index >= 15 is 0 Å². The number of methoxy groups -OCH3 is 1. The first-order chi connectivity index (χ1) is 15.6. The molecule has 1 aromatic rings. The van der Waals surface area contributed by atoms with Crippen LogP contribution in [0.5, 0.6) is 0 Å². The zero-order chi connectivity index (χ0) is 24.0. The number of esters is 1. The number of nitrogens with zero attached hydrogens (tertiary/aromatic N) is 1. The van der Waals surface area contributed by atoms with Crippen molar-refractivity contribution < 1.29 is 32.6 Å². The molecule has 1 amide bonds. The van der Waals surface area contributed by atoms with Gasteiger partial charge in [0.25, 0.3) is 0 Å². The van der Waals surface area contributed by atoms with E-state index in [2.05, 4.69) is 6.92 Å². The maximum atomic E-state index is 13.9. The number of alkyl halides is 3. The number of aliphatic hydroxyl groups is 1. The van der Waals surface area contributed by atoms with Gasteiger partial charge in [0.1, 0.15) is 10.3 Å². The number of amides is 1. The average Bonchev–Trinajstić information content (AvgIpc) is 3.50. The van der Waals surface area contributed by atoms with E-state index in [1.165, 1.54) is 13.2 Å². The summed E-state index contributed by atoms with van der Waals surface area (Å²) in [6, 6.07) is 1.17. The van der Waals surface area contributed by atoms with E-state index in [9.17, 15) is 27.9 Å². The summed E-state index contributed by atoms with van der Waals surface area (Å²) in [4.78, 5) is 28.2. The van der Waals surface area contributed by atoms with Crippen molar-refractivity contribution in [2.75, 3.05) is 12.0 Å². The third-order valence-corrected chi connectivity index (χ3v) is 9.05. The fourth-order valence-electron chi connectivity index (χ4n) is 5.35. The SMILES string of the molecule is COC(=O)c1sc(C2(C(F)(F)F)CC2)cc1N(C(=O)[C@H]1CC[C@H](C)CC1)[C@H]1CC[C@H](O)CC1. The lowest BCUT2D eigenvalue weighted by molar-refractivity contribution is -0.159. The quantitative estimate of drug-likeness (QED) is 0.550. The van der Waals surface area contributed by atoms with Gasteiger partial charge in [0.05, 0.1) is 18.9 Å². The first kappa shape index (κ1) is 24.5. The van der Waals surface area contributed by atoms with Crippen molar-refractivity contribution in [1.82, 2.24) is 0 Å². The number of aliphatic hydroxyl groups excluding tert-OH is 1.